The maximum absolute atomic E-state index is 7.60. The molecule has 38 heavy (non-hydrogen) atoms. The third kappa shape index (κ3) is 7.00. The van der Waals surface area contributed by atoms with E-state index in [2.05, 4.69) is 145 Å². The summed E-state index contributed by atoms with van der Waals surface area (Å²) in [5.41, 5.74) is 2.35. The van der Waals surface area contributed by atoms with Crippen LogP contribution in [-0.2, 0) is 8.85 Å². The van der Waals surface area contributed by atoms with Gasteiger partial charge < -0.3 is 8.85 Å². The first-order valence-corrected chi connectivity index (χ1v) is 18.6. The second-order valence-corrected chi connectivity index (χ2v) is 21.9. The Labute approximate surface area is 233 Å². The molecule has 3 aromatic rings. The van der Waals surface area contributed by atoms with E-state index in [-0.39, 0.29) is 16.2 Å². The van der Waals surface area contributed by atoms with Crippen LogP contribution in [0, 0.1) is 0 Å². The van der Waals surface area contributed by atoms with Gasteiger partial charge in [-0.3, -0.25) is 4.98 Å². The van der Waals surface area contributed by atoms with E-state index >= 15 is 0 Å². The summed E-state index contributed by atoms with van der Waals surface area (Å²) in [5.74, 6) is 0. The summed E-state index contributed by atoms with van der Waals surface area (Å²) in [5, 5.41) is 2.67. The Kier molecular flexibility index (Phi) is 9.74. The lowest BCUT2D eigenvalue weighted by molar-refractivity contribution is 0.173. The van der Waals surface area contributed by atoms with Crippen LogP contribution in [0.4, 0.5) is 0 Å². The van der Waals surface area contributed by atoms with Crippen molar-refractivity contribution in [2.75, 3.05) is 6.61 Å². The molecule has 0 radical (unpaired) electrons. The largest absolute Gasteiger partial charge is 0.417 e. The fraction of sp³-hybridized carbons (Fsp3) is 0.424. The number of hydrogen-bond acceptors (Lipinski definition) is 3. The predicted molar refractivity (Wildman–Crippen MR) is 168 cm³/mol. The molecule has 3 nitrogen and oxygen atoms in total. The highest BCUT2D eigenvalue weighted by molar-refractivity contribution is 6.99. The monoisotopic (exact) mass is 545 g/mol. The Morgan fingerprint density at radius 3 is 1.74 bits per heavy atom. The van der Waals surface area contributed by atoms with Gasteiger partial charge >= 0.3 is 0 Å². The van der Waals surface area contributed by atoms with E-state index in [1.807, 2.05) is 12.4 Å². The molecule has 0 bridgehead atoms. The molecule has 0 aliphatic rings. The average Bonchev–Trinajstić information content (AvgIpc) is 2.86. The molecule has 204 valence electrons. The molecule has 0 aliphatic heterocycles. The van der Waals surface area contributed by atoms with E-state index < -0.39 is 16.6 Å². The van der Waals surface area contributed by atoms with Crippen molar-refractivity contribution in [3.05, 3.63) is 96.3 Å². The van der Waals surface area contributed by atoms with E-state index in [9.17, 15) is 0 Å². The normalized spacial score (nSPS) is 14.4. The van der Waals surface area contributed by atoms with Gasteiger partial charge in [-0.05, 0) is 70.2 Å². The standard InChI is InChI=1S/C33H47NO2Si2/c1-27(26-28-20-23-34-24-21-28)31(22-25-35-37(8,9)32(2,3)4)36-38(33(5,6)7,29-16-12-10-13-17-29)30-18-14-11-15-19-30/h10-21,23-24,26,31H,22,25H2,1-9H3/t31-/m0/s1. The Bertz CT molecular complexity index is 1120. The predicted octanol–water partition coefficient (Wildman–Crippen LogP) is 7.84. The summed E-state index contributed by atoms with van der Waals surface area (Å²) >= 11 is 0. The minimum atomic E-state index is -2.72. The summed E-state index contributed by atoms with van der Waals surface area (Å²) in [6, 6.07) is 25.9. The van der Waals surface area contributed by atoms with E-state index in [4.69, 9.17) is 8.85 Å². The van der Waals surface area contributed by atoms with Gasteiger partial charge in [-0.1, -0.05) is 108 Å². The number of benzene rings is 2. The summed E-state index contributed by atoms with van der Waals surface area (Å²) in [6.07, 6.45) is 6.66. The zero-order chi connectivity index (χ0) is 28.0. The molecule has 0 aliphatic carbocycles. The Morgan fingerprint density at radius 1 is 0.789 bits per heavy atom. The van der Waals surface area contributed by atoms with Crippen LogP contribution in [0.1, 0.15) is 60.5 Å². The molecule has 0 spiro atoms. The van der Waals surface area contributed by atoms with Gasteiger partial charge in [0.25, 0.3) is 8.32 Å². The van der Waals surface area contributed by atoms with Crippen LogP contribution in [0.5, 0.6) is 0 Å². The molecular formula is C33H47NO2Si2. The first kappa shape index (κ1) is 30.2. The SMILES string of the molecule is CC(=Cc1ccncc1)[C@H](CCO[Si](C)(C)C(C)(C)C)O[Si](c1ccccc1)(c1ccccc1)C(C)(C)C. The lowest BCUT2D eigenvalue weighted by Gasteiger charge is -2.45. The van der Waals surface area contributed by atoms with Crippen LogP contribution in [-0.4, -0.2) is 34.3 Å². The second-order valence-electron chi connectivity index (χ2n) is 12.8. The molecule has 0 fully saturated rings. The molecule has 0 N–H and O–H groups in total. The van der Waals surface area contributed by atoms with Gasteiger partial charge in [-0.15, -0.1) is 0 Å². The number of aromatic nitrogens is 1. The topological polar surface area (TPSA) is 31.4 Å². The van der Waals surface area contributed by atoms with Crippen LogP contribution in [0.2, 0.25) is 23.2 Å². The molecule has 3 rings (SSSR count). The second kappa shape index (κ2) is 12.2. The first-order chi connectivity index (χ1) is 17.8. The van der Waals surface area contributed by atoms with Crippen LogP contribution < -0.4 is 10.4 Å². The molecule has 2 aromatic carbocycles. The Balaban J connectivity index is 2.10. The van der Waals surface area contributed by atoms with E-state index in [0.29, 0.717) is 6.61 Å². The Hall–Kier alpha value is -2.32. The van der Waals surface area contributed by atoms with Crippen molar-refractivity contribution >= 4 is 33.1 Å². The zero-order valence-electron chi connectivity index (χ0n) is 24.9. The highest BCUT2D eigenvalue weighted by atomic mass is 28.4. The molecule has 0 unspecified atom stereocenters. The van der Waals surface area contributed by atoms with Crippen LogP contribution in [0.15, 0.2) is 90.8 Å². The first-order valence-electron chi connectivity index (χ1n) is 13.8. The fourth-order valence-electron chi connectivity index (χ4n) is 4.74. The van der Waals surface area contributed by atoms with Gasteiger partial charge in [-0.2, -0.15) is 0 Å². The van der Waals surface area contributed by atoms with Crippen molar-refractivity contribution in [2.45, 2.75) is 84.2 Å². The van der Waals surface area contributed by atoms with Crippen molar-refractivity contribution < 1.29 is 8.85 Å². The molecule has 0 amide bonds. The van der Waals surface area contributed by atoms with Crippen molar-refractivity contribution in [3.63, 3.8) is 0 Å². The number of hydrogen-bond donors (Lipinski definition) is 0. The summed E-state index contributed by atoms with van der Waals surface area (Å²) in [4.78, 5) is 4.20. The highest BCUT2D eigenvalue weighted by Crippen LogP contribution is 2.40. The fourth-order valence-corrected chi connectivity index (χ4v) is 10.5. The van der Waals surface area contributed by atoms with E-state index in [1.54, 1.807) is 0 Å². The smallest absolute Gasteiger partial charge is 0.261 e. The van der Waals surface area contributed by atoms with Gasteiger partial charge in [0, 0.05) is 19.0 Å². The van der Waals surface area contributed by atoms with Gasteiger partial charge in [0.05, 0.1) is 6.10 Å². The quantitative estimate of drug-likeness (QED) is 0.243. The molecule has 0 saturated heterocycles. The van der Waals surface area contributed by atoms with Crippen molar-refractivity contribution in [2.24, 2.45) is 0 Å². The van der Waals surface area contributed by atoms with Crippen LogP contribution in [0.3, 0.4) is 0 Å². The lowest BCUT2D eigenvalue weighted by Crippen LogP contribution is -2.67. The third-order valence-electron chi connectivity index (χ3n) is 7.99. The molecular weight excluding hydrogens is 499 g/mol. The highest BCUT2D eigenvalue weighted by Gasteiger charge is 2.51. The molecule has 0 saturated carbocycles. The molecule has 1 heterocycles. The van der Waals surface area contributed by atoms with Crippen molar-refractivity contribution in [1.29, 1.82) is 0 Å². The van der Waals surface area contributed by atoms with E-state index in [0.717, 1.165) is 12.0 Å². The van der Waals surface area contributed by atoms with Crippen molar-refractivity contribution in [1.82, 2.24) is 4.98 Å². The minimum absolute atomic E-state index is 0.0840. The summed E-state index contributed by atoms with van der Waals surface area (Å²) in [6.45, 7) is 21.4. The van der Waals surface area contributed by atoms with Crippen LogP contribution in [0.25, 0.3) is 6.08 Å². The van der Waals surface area contributed by atoms with Crippen LogP contribution >= 0.6 is 0 Å². The van der Waals surface area contributed by atoms with Gasteiger partial charge in [-0.25, -0.2) is 0 Å². The maximum atomic E-state index is 7.60. The zero-order valence-corrected chi connectivity index (χ0v) is 26.9. The molecule has 5 heteroatoms. The van der Waals surface area contributed by atoms with Crippen molar-refractivity contribution in [3.8, 4) is 0 Å². The number of pyridine rings is 1. The summed E-state index contributed by atoms with van der Waals surface area (Å²) in [7, 11) is -4.60. The molecule has 1 aromatic heterocycles. The Morgan fingerprint density at radius 2 is 1.29 bits per heavy atom. The lowest BCUT2D eigenvalue weighted by atomic mass is 10.1. The van der Waals surface area contributed by atoms with E-state index in [1.165, 1.54) is 15.9 Å². The number of nitrogens with zero attached hydrogens (tertiary/aromatic N) is 1. The average molecular weight is 546 g/mol. The molecule has 1 atom stereocenters. The van der Waals surface area contributed by atoms with Gasteiger partial charge in [0.15, 0.2) is 8.32 Å². The maximum Gasteiger partial charge on any atom is 0.261 e. The number of rotatable bonds is 10. The third-order valence-corrected chi connectivity index (χ3v) is 17.6. The van der Waals surface area contributed by atoms with Gasteiger partial charge in [0.2, 0.25) is 0 Å². The summed E-state index contributed by atoms with van der Waals surface area (Å²) < 4.78 is 14.3. The van der Waals surface area contributed by atoms with Gasteiger partial charge in [0.1, 0.15) is 0 Å². The minimum Gasteiger partial charge on any atom is -0.417 e.